The molecule has 14 heavy (non-hydrogen) atoms. The molecule has 1 aliphatic rings. The predicted octanol–water partition coefficient (Wildman–Crippen LogP) is 0.602. The largest absolute Gasteiger partial charge is 0.545 e. The lowest BCUT2D eigenvalue weighted by atomic mass is 10.00. The van der Waals surface area contributed by atoms with E-state index in [1.165, 1.54) is 0 Å². The summed E-state index contributed by atoms with van der Waals surface area (Å²) in [5.74, 6) is -0.414. The van der Waals surface area contributed by atoms with Crippen LogP contribution in [0.4, 0.5) is 0 Å². The highest BCUT2D eigenvalue weighted by molar-refractivity contribution is 5.90. The Morgan fingerprint density at radius 3 is 3.00 bits per heavy atom. The van der Waals surface area contributed by atoms with E-state index in [2.05, 4.69) is 0 Å². The molecule has 1 aliphatic heterocycles. The lowest BCUT2D eigenvalue weighted by molar-refractivity contribution is -0.297. The van der Waals surface area contributed by atoms with Crippen LogP contribution in [0.15, 0.2) is 30.3 Å². The number of rotatable bonds is 1. The van der Waals surface area contributed by atoms with Crippen molar-refractivity contribution in [2.24, 2.45) is 0 Å². The molecule has 72 valence electrons. The van der Waals surface area contributed by atoms with E-state index in [4.69, 9.17) is 4.74 Å². The second-order valence-corrected chi connectivity index (χ2v) is 3.08. The van der Waals surface area contributed by atoms with Crippen LogP contribution in [0, 0.1) is 0 Å². The highest BCUT2D eigenvalue weighted by Gasteiger charge is 2.13. The van der Waals surface area contributed by atoms with Crippen molar-refractivity contribution in [1.29, 1.82) is 0 Å². The number of hydrogen-bond acceptors (Lipinski definition) is 3. The van der Waals surface area contributed by atoms with Crippen molar-refractivity contribution in [2.75, 3.05) is 6.61 Å². The van der Waals surface area contributed by atoms with Gasteiger partial charge in [-0.25, -0.2) is 0 Å². The number of carboxylic acids is 1. The maximum absolute atomic E-state index is 10.4. The maximum Gasteiger partial charge on any atom is 0.126 e. The van der Waals surface area contributed by atoms with Gasteiger partial charge in [0.2, 0.25) is 0 Å². The number of para-hydroxylation sites is 1. The predicted molar refractivity (Wildman–Crippen MR) is 49.5 cm³/mol. The molecule has 0 unspecified atom stereocenters. The zero-order valence-electron chi connectivity index (χ0n) is 7.53. The first-order chi connectivity index (χ1) is 6.77. The van der Waals surface area contributed by atoms with E-state index in [0.717, 1.165) is 23.0 Å². The molecule has 3 nitrogen and oxygen atoms in total. The molecule has 0 N–H and O–H groups in total. The minimum atomic E-state index is -1.16. The van der Waals surface area contributed by atoms with Crippen LogP contribution in [0.1, 0.15) is 12.0 Å². The molecule has 0 amide bonds. The van der Waals surface area contributed by atoms with Gasteiger partial charge in [0.1, 0.15) is 5.75 Å². The minimum absolute atomic E-state index is 0.524. The third kappa shape index (κ3) is 1.62. The van der Waals surface area contributed by atoms with Gasteiger partial charge >= 0.3 is 0 Å². The van der Waals surface area contributed by atoms with Crippen molar-refractivity contribution in [3.05, 3.63) is 35.9 Å². The van der Waals surface area contributed by atoms with Crippen molar-refractivity contribution in [2.45, 2.75) is 6.42 Å². The molecule has 0 saturated carbocycles. The van der Waals surface area contributed by atoms with Gasteiger partial charge in [-0.05, 0) is 17.7 Å². The molecular formula is C11H9O3-. The van der Waals surface area contributed by atoms with Gasteiger partial charge in [-0.2, -0.15) is 0 Å². The molecule has 0 aliphatic carbocycles. The van der Waals surface area contributed by atoms with E-state index in [9.17, 15) is 9.90 Å². The number of fused-ring (bicyclic) bond motifs is 1. The van der Waals surface area contributed by atoms with E-state index >= 15 is 0 Å². The Labute approximate surface area is 81.6 Å². The zero-order chi connectivity index (χ0) is 9.97. The van der Waals surface area contributed by atoms with Gasteiger partial charge in [0.25, 0.3) is 0 Å². The van der Waals surface area contributed by atoms with Gasteiger partial charge in [0.15, 0.2) is 0 Å². The highest BCUT2D eigenvalue weighted by atomic mass is 16.5. The molecule has 1 aromatic rings. The first-order valence-electron chi connectivity index (χ1n) is 4.41. The molecule has 0 saturated heterocycles. The van der Waals surface area contributed by atoms with Crippen molar-refractivity contribution in [3.63, 3.8) is 0 Å². The number of benzene rings is 1. The Hall–Kier alpha value is -1.77. The van der Waals surface area contributed by atoms with Crippen molar-refractivity contribution in [1.82, 2.24) is 0 Å². The average molecular weight is 189 g/mol. The molecule has 3 heteroatoms. The van der Waals surface area contributed by atoms with Crippen LogP contribution in [-0.2, 0) is 4.79 Å². The fourth-order valence-electron chi connectivity index (χ4n) is 1.56. The number of hydrogen-bond donors (Lipinski definition) is 0. The molecule has 1 heterocycles. The second-order valence-electron chi connectivity index (χ2n) is 3.08. The first-order valence-corrected chi connectivity index (χ1v) is 4.41. The van der Waals surface area contributed by atoms with Crippen molar-refractivity contribution in [3.8, 4) is 5.75 Å². The molecule has 0 fully saturated rings. The maximum atomic E-state index is 10.4. The quantitative estimate of drug-likeness (QED) is 0.608. The van der Waals surface area contributed by atoms with Crippen LogP contribution in [0.5, 0.6) is 5.75 Å². The number of carboxylic acid groups (broad SMARTS) is 1. The van der Waals surface area contributed by atoms with Gasteiger partial charge in [-0.3, -0.25) is 0 Å². The molecule has 0 atom stereocenters. The third-order valence-electron chi connectivity index (χ3n) is 2.15. The van der Waals surface area contributed by atoms with Gasteiger partial charge in [0.05, 0.1) is 12.6 Å². The lowest BCUT2D eigenvalue weighted by Crippen LogP contribution is -2.20. The summed E-state index contributed by atoms with van der Waals surface area (Å²) in [6, 6.07) is 7.40. The SMILES string of the molecule is O=C([O-])/C=C1/CCOc2ccccc21. The van der Waals surface area contributed by atoms with Crippen LogP contribution >= 0.6 is 0 Å². The fourth-order valence-corrected chi connectivity index (χ4v) is 1.56. The van der Waals surface area contributed by atoms with E-state index < -0.39 is 5.97 Å². The second kappa shape index (κ2) is 3.54. The smallest absolute Gasteiger partial charge is 0.126 e. The van der Waals surface area contributed by atoms with Gasteiger partial charge in [0, 0.05) is 12.0 Å². The number of carbonyl (C=O) groups excluding carboxylic acids is 1. The normalized spacial score (nSPS) is 17.3. The summed E-state index contributed by atoms with van der Waals surface area (Å²) < 4.78 is 5.38. The molecule has 2 rings (SSSR count). The molecule has 0 spiro atoms. The summed E-state index contributed by atoms with van der Waals surface area (Å²) in [4.78, 5) is 10.4. The monoisotopic (exact) mass is 189 g/mol. The number of aliphatic carboxylic acids is 1. The Morgan fingerprint density at radius 1 is 1.43 bits per heavy atom. The van der Waals surface area contributed by atoms with Gasteiger partial charge in [-0.1, -0.05) is 18.2 Å². The Bertz CT molecular complexity index is 393. The summed E-state index contributed by atoms with van der Waals surface area (Å²) >= 11 is 0. The standard InChI is InChI=1S/C11H10O3/c12-11(13)7-8-5-6-14-10-4-2-1-3-9(8)10/h1-4,7H,5-6H2,(H,12,13)/p-1/b8-7-. The number of carbonyl (C=O) groups is 1. The molecule has 0 bridgehead atoms. The van der Waals surface area contributed by atoms with Crippen molar-refractivity contribution >= 4 is 11.5 Å². The van der Waals surface area contributed by atoms with Crippen LogP contribution in [0.3, 0.4) is 0 Å². The van der Waals surface area contributed by atoms with Crippen LogP contribution in [0.25, 0.3) is 5.57 Å². The molecular weight excluding hydrogens is 180 g/mol. The number of ether oxygens (including phenoxy) is 1. The summed E-state index contributed by atoms with van der Waals surface area (Å²) in [5.41, 5.74) is 1.62. The molecule has 1 aromatic carbocycles. The van der Waals surface area contributed by atoms with Gasteiger partial charge < -0.3 is 14.6 Å². The summed E-state index contributed by atoms with van der Waals surface area (Å²) in [7, 11) is 0. The van der Waals surface area contributed by atoms with Gasteiger partial charge in [-0.15, -0.1) is 0 Å². The topological polar surface area (TPSA) is 49.4 Å². The van der Waals surface area contributed by atoms with E-state index in [0.29, 0.717) is 13.0 Å². The summed E-state index contributed by atoms with van der Waals surface area (Å²) in [6.45, 7) is 0.524. The van der Waals surface area contributed by atoms with Crippen molar-refractivity contribution < 1.29 is 14.6 Å². The fraction of sp³-hybridized carbons (Fsp3) is 0.182. The molecule has 0 radical (unpaired) electrons. The van der Waals surface area contributed by atoms with E-state index in [1.807, 2.05) is 24.3 Å². The van der Waals surface area contributed by atoms with E-state index in [1.54, 1.807) is 0 Å². The van der Waals surface area contributed by atoms with Crippen LogP contribution in [-0.4, -0.2) is 12.6 Å². The lowest BCUT2D eigenvalue weighted by Gasteiger charge is -2.19. The Kier molecular flexibility index (Phi) is 2.23. The third-order valence-corrected chi connectivity index (χ3v) is 2.15. The first kappa shape index (κ1) is 8.81. The molecule has 0 aromatic heterocycles. The zero-order valence-corrected chi connectivity index (χ0v) is 7.53. The Balaban J connectivity index is 2.45. The van der Waals surface area contributed by atoms with E-state index in [-0.39, 0.29) is 0 Å². The minimum Gasteiger partial charge on any atom is -0.545 e. The Morgan fingerprint density at radius 2 is 2.21 bits per heavy atom. The van der Waals surface area contributed by atoms with Crippen LogP contribution in [0.2, 0.25) is 0 Å². The summed E-state index contributed by atoms with van der Waals surface area (Å²) in [6.07, 6.45) is 1.76. The summed E-state index contributed by atoms with van der Waals surface area (Å²) in [5, 5.41) is 10.4. The average Bonchev–Trinajstić information content (AvgIpc) is 2.18. The van der Waals surface area contributed by atoms with Crippen LogP contribution < -0.4 is 9.84 Å². The highest BCUT2D eigenvalue weighted by Crippen LogP contribution is 2.31.